The van der Waals surface area contributed by atoms with Crippen LogP contribution in [0.2, 0.25) is 5.02 Å². The van der Waals surface area contributed by atoms with Crippen molar-refractivity contribution in [3.8, 4) is 0 Å². The van der Waals surface area contributed by atoms with Gasteiger partial charge in [-0.05, 0) is 29.7 Å². The largest absolute Gasteiger partial charge is 0.298 e. The van der Waals surface area contributed by atoms with Crippen LogP contribution in [0.4, 0.5) is 0 Å². The SMILES string of the molecule is CC(C)c1c(C=O)cnc2ccc(Cl)cc12. The Morgan fingerprint density at radius 3 is 2.75 bits per heavy atom. The molecule has 0 spiro atoms. The number of nitrogens with zero attached hydrogens (tertiary/aromatic N) is 1. The van der Waals surface area contributed by atoms with Crippen LogP contribution in [0.5, 0.6) is 0 Å². The molecule has 1 aromatic carbocycles. The summed E-state index contributed by atoms with van der Waals surface area (Å²) < 4.78 is 0. The van der Waals surface area contributed by atoms with Crippen LogP contribution in [0, 0.1) is 0 Å². The molecule has 0 fully saturated rings. The van der Waals surface area contributed by atoms with E-state index in [4.69, 9.17) is 11.6 Å². The number of rotatable bonds is 2. The molecule has 2 rings (SSSR count). The molecule has 0 saturated carbocycles. The van der Waals surface area contributed by atoms with Gasteiger partial charge in [-0.3, -0.25) is 9.78 Å². The number of aromatic nitrogens is 1. The molecule has 1 aromatic heterocycles. The van der Waals surface area contributed by atoms with Gasteiger partial charge in [0.2, 0.25) is 0 Å². The molecule has 0 aliphatic heterocycles. The van der Waals surface area contributed by atoms with Gasteiger partial charge in [0.1, 0.15) is 0 Å². The van der Waals surface area contributed by atoms with Gasteiger partial charge >= 0.3 is 0 Å². The number of pyridine rings is 1. The van der Waals surface area contributed by atoms with E-state index in [0.717, 1.165) is 22.8 Å². The summed E-state index contributed by atoms with van der Waals surface area (Å²) in [6.45, 7) is 4.12. The van der Waals surface area contributed by atoms with E-state index in [9.17, 15) is 4.79 Å². The first kappa shape index (κ1) is 11.1. The highest BCUT2D eigenvalue weighted by Gasteiger charge is 2.11. The highest BCUT2D eigenvalue weighted by molar-refractivity contribution is 6.31. The van der Waals surface area contributed by atoms with Crippen LogP contribution in [0.15, 0.2) is 24.4 Å². The van der Waals surface area contributed by atoms with Crippen LogP contribution >= 0.6 is 11.6 Å². The summed E-state index contributed by atoms with van der Waals surface area (Å²) in [5.74, 6) is 0.268. The fourth-order valence-corrected chi connectivity index (χ4v) is 2.11. The van der Waals surface area contributed by atoms with Crippen molar-refractivity contribution in [2.24, 2.45) is 0 Å². The molecule has 0 N–H and O–H groups in total. The molecule has 16 heavy (non-hydrogen) atoms. The number of benzene rings is 1. The second kappa shape index (κ2) is 4.22. The molecule has 0 amide bonds. The van der Waals surface area contributed by atoms with Gasteiger partial charge in [-0.25, -0.2) is 0 Å². The number of fused-ring (bicyclic) bond motifs is 1. The Morgan fingerprint density at radius 2 is 2.12 bits per heavy atom. The highest BCUT2D eigenvalue weighted by Crippen LogP contribution is 2.28. The van der Waals surface area contributed by atoms with E-state index in [-0.39, 0.29) is 5.92 Å². The minimum Gasteiger partial charge on any atom is -0.298 e. The standard InChI is InChI=1S/C13H12ClNO/c1-8(2)13-9(7-16)6-15-12-4-3-10(14)5-11(12)13/h3-8H,1-2H3. The average Bonchev–Trinajstić information content (AvgIpc) is 2.26. The van der Waals surface area contributed by atoms with Gasteiger partial charge in [-0.1, -0.05) is 25.4 Å². The van der Waals surface area contributed by atoms with Gasteiger partial charge in [0.05, 0.1) is 5.52 Å². The second-order valence-electron chi connectivity index (χ2n) is 4.06. The van der Waals surface area contributed by atoms with Crippen molar-refractivity contribution in [3.05, 3.63) is 40.5 Å². The molecule has 1 heterocycles. The van der Waals surface area contributed by atoms with Crippen molar-refractivity contribution in [1.82, 2.24) is 4.98 Å². The number of hydrogen-bond acceptors (Lipinski definition) is 2. The van der Waals surface area contributed by atoms with Gasteiger partial charge in [0, 0.05) is 22.2 Å². The van der Waals surface area contributed by atoms with E-state index >= 15 is 0 Å². The molecule has 2 nitrogen and oxygen atoms in total. The number of aldehydes is 1. The molecule has 2 aromatic rings. The Hall–Kier alpha value is -1.41. The second-order valence-corrected chi connectivity index (χ2v) is 4.50. The summed E-state index contributed by atoms with van der Waals surface area (Å²) in [6, 6.07) is 5.55. The zero-order chi connectivity index (χ0) is 11.7. The maximum atomic E-state index is 11.0. The number of halogens is 1. The van der Waals surface area contributed by atoms with Gasteiger partial charge < -0.3 is 0 Å². The van der Waals surface area contributed by atoms with Gasteiger partial charge in [0.25, 0.3) is 0 Å². The molecular weight excluding hydrogens is 222 g/mol. The molecule has 0 unspecified atom stereocenters. The van der Waals surface area contributed by atoms with Crippen molar-refractivity contribution in [2.45, 2.75) is 19.8 Å². The maximum absolute atomic E-state index is 11.0. The third-order valence-electron chi connectivity index (χ3n) is 2.61. The topological polar surface area (TPSA) is 30.0 Å². The summed E-state index contributed by atoms with van der Waals surface area (Å²) >= 11 is 5.97. The lowest BCUT2D eigenvalue weighted by Gasteiger charge is -2.12. The van der Waals surface area contributed by atoms with E-state index in [0.29, 0.717) is 10.6 Å². The quantitative estimate of drug-likeness (QED) is 0.738. The summed E-state index contributed by atoms with van der Waals surface area (Å²) in [5, 5.41) is 1.63. The summed E-state index contributed by atoms with van der Waals surface area (Å²) in [6.07, 6.45) is 2.47. The van der Waals surface area contributed by atoms with E-state index in [1.165, 1.54) is 0 Å². The third-order valence-corrected chi connectivity index (χ3v) is 2.84. The van der Waals surface area contributed by atoms with E-state index in [1.54, 1.807) is 6.20 Å². The lowest BCUT2D eigenvalue weighted by molar-refractivity contribution is 0.112. The minimum atomic E-state index is 0.268. The number of hydrogen-bond donors (Lipinski definition) is 0. The van der Waals surface area contributed by atoms with E-state index in [1.807, 2.05) is 18.2 Å². The van der Waals surface area contributed by atoms with Crippen LogP contribution in [-0.2, 0) is 0 Å². The first-order chi connectivity index (χ1) is 7.63. The lowest BCUT2D eigenvalue weighted by atomic mass is 9.95. The van der Waals surface area contributed by atoms with Crippen molar-refractivity contribution < 1.29 is 4.79 Å². The van der Waals surface area contributed by atoms with Crippen LogP contribution < -0.4 is 0 Å². The monoisotopic (exact) mass is 233 g/mol. The molecule has 3 heteroatoms. The minimum absolute atomic E-state index is 0.268. The molecule has 0 aliphatic rings. The normalized spacial score (nSPS) is 11.0. The molecule has 82 valence electrons. The smallest absolute Gasteiger partial charge is 0.151 e. The van der Waals surface area contributed by atoms with Crippen molar-refractivity contribution >= 4 is 28.8 Å². The van der Waals surface area contributed by atoms with Crippen LogP contribution in [0.1, 0.15) is 35.7 Å². The highest BCUT2D eigenvalue weighted by atomic mass is 35.5. The maximum Gasteiger partial charge on any atom is 0.151 e. The predicted octanol–water partition coefficient (Wildman–Crippen LogP) is 3.82. The Labute approximate surface area is 99.3 Å². The molecule has 0 bridgehead atoms. The molecule has 0 aliphatic carbocycles. The summed E-state index contributed by atoms with van der Waals surface area (Å²) in [5.41, 5.74) is 2.53. The van der Waals surface area contributed by atoms with Gasteiger partial charge in [0.15, 0.2) is 6.29 Å². The van der Waals surface area contributed by atoms with Gasteiger partial charge in [-0.15, -0.1) is 0 Å². The third kappa shape index (κ3) is 1.81. The summed E-state index contributed by atoms with van der Waals surface area (Å²) in [7, 11) is 0. The van der Waals surface area contributed by atoms with Crippen LogP contribution in [0.25, 0.3) is 10.9 Å². The number of carbonyl (C=O) groups excluding carboxylic acids is 1. The fraction of sp³-hybridized carbons (Fsp3) is 0.231. The van der Waals surface area contributed by atoms with E-state index < -0.39 is 0 Å². The molecule has 0 saturated heterocycles. The Balaban J connectivity index is 2.86. The average molecular weight is 234 g/mol. The van der Waals surface area contributed by atoms with E-state index in [2.05, 4.69) is 18.8 Å². The van der Waals surface area contributed by atoms with Gasteiger partial charge in [-0.2, -0.15) is 0 Å². The Bertz CT molecular complexity index is 549. The summed E-state index contributed by atoms with van der Waals surface area (Å²) in [4.78, 5) is 15.2. The van der Waals surface area contributed by atoms with Crippen molar-refractivity contribution in [1.29, 1.82) is 0 Å². The first-order valence-corrected chi connectivity index (χ1v) is 5.54. The zero-order valence-corrected chi connectivity index (χ0v) is 9.95. The van der Waals surface area contributed by atoms with Crippen molar-refractivity contribution in [2.75, 3.05) is 0 Å². The lowest BCUT2D eigenvalue weighted by Crippen LogP contribution is -1.98. The number of carbonyl (C=O) groups is 1. The Kier molecular flexibility index (Phi) is 2.92. The van der Waals surface area contributed by atoms with Crippen LogP contribution in [0.3, 0.4) is 0 Å². The Morgan fingerprint density at radius 1 is 1.38 bits per heavy atom. The molecule has 0 atom stereocenters. The fourth-order valence-electron chi connectivity index (χ4n) is 1.94. The van der Waals surface area contributed by atoms with Crippen LogP contribution in [-0.4, -0.2) is 11.3 Å². The zero-order valence-electron chi connectivity index (χ0n) is 9.20. The van der Waals surface area contributed by atoms with Crippen molar-refractivity contribution in [3.63, 3.8) is 0 Å². The first-order valence-electron chi connectivity index (χ1n) is 5.17. The predicted molar refractivity (Wildman–Crippen MR) is 66.2 cm³/mol. The molecule has 0 radical (unpaired) electrons. The molecular formula is C13H12ClNO.